The summed E-state index contributed by atoms with van der Waals surface area (Å²) in [5.74, 6) is 0.776. The lowest BCUT2D eigenvalue weighted by Crippen LogP contribution is -2.19. The molecular weight excluding hydrogens is 264 g/mol. The second-order valence-electron chi connectivity index (χ2n) is 4.88. The maximum Gasteiger partial charge on any atom is 0.160 e. The lowest BCUT2D eigenvalue weighted by Gasteiger charge is -2.09. The van der Waals surface area contributed by atoms with Crippen molar-refractivity contribution in [2.24, 2.45) is 0 Å². The minimum atomic E-state index is 0.696. The number of aryl methyl sites for hydroxylation is 2. The molecule has 0 radical (unpaired) electrons. The van der Waals surface area contributed by atoms with Crippen LogP contribution in [0.15, 0.2) is 24.5 Å². The van der Waals surface area contributed by atoms with Crippen LogP contribution in [0.1, 0.15) is 23.9 Å². The molecule has 0 aromatic carbocycles. The molecule has 21 heavy (non-hydrogen) atoms. The highest BCUT2D eigenvalue weighted by atomic mass is 16.5. The van der Waals surface area contributed by atoms with Crippen molar-refractivity contribution in [3.63, 3.8) is 0 Å². The molecule has 0 bridgehead atoms. The quantitative estimate of drug-likeness (QED) is 0.790. The van der Waals surface area contributed by atoms with E-state index in [0.29, 0.717) is 13.2 Å². The summed E-state index contributed by atoms with van der Waals surface area (Å²) in [5, 5.41) is 3.31. The third-order valence-electron chi connectivity index (χ3n) is 3.22. The summed E-state index contributed by atoms with van der Waals surface area (Å²) >= 11 is 0. The van der Waals surface area contributed by atoms with Crippen molar-refractivity contribution in [2.45, 2.75) is 26.8 Å². The van der Waals surface area contributed by atoms with Crippen LogP contribution in [0.4, 0.5) is 0 Å². The maximum absolute atomic E-state index is 5.02. The second-order valence-corrected chi connectivity index (χ2v) is 4.88. The van der Waals surface area contributed by atoms with Crippen LogP contribution in [0.25, 0.3) is 11.4 Å². The average molecular weight is 286 g/mol. The largest absolute Gasteiger partial charge is 0.383 e. The zero-order valence-electron chi connectivity index (χ0n) is 12.9. The van der Waals surface area contributed by atoms with E-state index in [1.807, 2.05) is 25.3 Å². The van der Waals surface area contributed by atoms with Gasteiger partial charge in [0.2, 0.25) is 0 Å². The minimum Gasteiger partial charge on any atom is -0.383 e. The molecule has 112 valence electrons. The molecule has 1 N–H and O–H groups in total. The molecule has 0 aliphatic rings. The number of hydrogen-bond donors (Lipinski definition) is 1. The standard InChI is InChI=1S/C16H22N4O/c1-4-13-10-17-6-5-15(13)16-19-12(2)9-14(20-16)11-18-7-8-21-3/h5-6,9-10,18H,4,7-8,11H2,1-3H3. The van der Waals surface area contributed by atoms with E-state index in [-0.39, 0.29) is 0 Å². The maximum atomic E-state index is 5.02. The Morgan fingerprint density at radius 2 is 2.14 bits per heavy atom. The third kappa shape index (κ3) is 4.31. The van der Waals surface area contributed by atoms with Crippen molar-refractivity contribution in [1.82, 2.24) is 20.3 Å². The first-order valence-corrected chi connectivity index (χ1v) is 7.22. The zero-order valence-corrected chi connectivity index (χ0v) is 12.9. The van der Waals surface area contributed by atoms with Crippen molar-refractivity contribution in [3.8, 4) is 11.4 Å². The van der Waals surface area contributed by atoms with Gasteiger partial charge < -0.3 is 10.1 Å². The number of nitrogens with zero attached hydrogens (tertiary/aromatic N) is 3. The molecule has 0 unspecified atom stereocenters. The number of aromatic nitrogens is 3. The lowest BCUT2D eigenvalue weighted by molar-refractivity contribution is 0.199. The molecule has 2 rings (SSSR count). The fourth-order valence-corrected chi connectivity index (χ4v) is 2.16. The predicted octanol–water partition coefficient (Wildman–Crippen LogP) is 2.15. The van der Waals surface area contributed by atoms with Crippen LogP contribution in [0.2, 0.25) is 0 Å². The van der Waals surface area contributed by atoms with Gasteiger partial charge in [0, 0.05) is 43.9 Å². The Kier molecular flexibility index (Phi) is 5.78. The highest BCUT2D eigenvalue weighted by molar-refractivity contribution is 5.59. The van der Waals surface area contributed by atoms with Crippen molar-refractivity contribution in [2.75, 3.05) is 20.3 Å². The summed E-state index contributed by atoms with van der Waals surface area (Å²) in [5.41, 5.74) is 4.20. The van der Waals surface area contributed by atoms with E-state index in [4.69, 9.17) is 4.74 Å². The van der Waals surface area contributed by atoms with E-state index in [9.17, 15) is 0 Å². The number of ether oxygens (including phenoxy) is 1. The SMILES string of the molecule is CCc1cnccc1-c1nc(C)cc(CNCCOC)n1. The van der Waals surface area contributed by atoms with Crippen LogP contribution < -0.4 is 5.32 Å². The van der Waals surface area contributed by atoms with Gasteiger partial charge in [-0.05, 0) is 31.0 Å². The van der Waals surface area contributed by atoms with Crippen molar-refractivity contribution < 1.29 is 4.74 Å². The van der Waals surface area contributed by atoms with Gasteiger partial charge in [0.05, 0.1) is 12.3 Å². The van der Waals surface area contributed by atoms with Gasteiger partial charge in [-0.1, -0.05) is 6.92 Å². The van der Waals surface area contributed by atoms with E-state index >= 15 is 0 Å². The van der Waals surface area contributed by atoms with Gasteiger partial charge in [0.25, 0.3) is 0 Å². The van der Waals surface area contributed by atoms with Gasteiger partial charge in [0.1, 0.15) is 0 Å². The fraction of sp³-hybridized carbons (Fsp3) is 0.438. The van der Waals surface area contributed by atoms with Crippen LogP contribution in [0, 0.1) is 6.92 Å². The molecule has 0 atom stereocenters. The van der Waals surface area contributed by atoms with E-state index in [2.05, 4.69) is 27.2 Å². The van der Waals surface area contributed by atoms with Gasteiger partial charge in [-0.3, -0.25) is 4.98 Å². The summed E-state index contributed by atoms with van der Waals surface area (Å²) in [6, 6.07) is 3.99. The summed E-state index contributed by atoms with van der Waals surface area (Å²) in [6.45, 7) is 6.33. The Morgan fingerprint density at radius 3 is 2.90 bits per heavy atom. The topological polar surface area (TPSA) is 59.9 Å². The molecule has 0 saturated heterocycles. The Labute approximate surface area is 125 Å². The first-order valence-electron chi connectivity index (χ1n) is 7.22. The number of pyridine rings is 1. The summed E-state index contributed by atoms with van der Waals surface area (Å²) in [7, 11) is 1.70. The van der Waals surface area contributed by atoms with Gasteiger partial charge in [-0.2, -0.15) is 0 Å². The molecule has 5 nitrogen and oxygen atoms in total. The van der Waals surface area contributed by atoms with E-state index in [0.717, 1.165) is 35.7 Å². The fourth-order valence-electron chi connectivity index (χ4n) is 2.16. The molecule has 0 aliphatic heterocycles. The molecule has 2 heterocycles. The molecule has 5 heteroatoms. The van der Waals surface area contributed by atoms with Crippen LogP contribution in [-0.2, 0) is 17.7 Å². The molecule has 2 aromatic heterocycles. The van der Waals surface area contributed by atoms with Crippen molar-refractivity contribution in [1.29, 1.82) is 0 Å². The molecule has 2 aromatic rings. The van der Waals surface area contributed by atoms with Gasteiger partial charge in [0.15, 0.2) is 5.82 Å². The van der Waals surface area contributed by atoms with Crippen LogP contribution in [0.3, 0.4) is 0 Å². The first kappa shape index (κ1) is 15.5. The van der Waals surface area contributed by atoms with Crippen molar-refractivity contribution >= 4 is 0 Å². The smallest absolute Gasteiger partial charge is 0.160 e. The average Bonchev–Trinajstić information content (AvgIpc) is 2.51. The van der Waals surface area contributed by atoms with Crippen LogP contribution >= 0.6 is 0 Å². The minimum absolute atomic E-state index is 0.696. The number of rotatable bonds is 7. The summed E-state index contributed by atoms with van der Waals surface area (Å²) in [4.78, 5) is 13.4. The monoisotopic (exact) mass is 286 g/mol. The highest BCUT2D eigenvalue weighted by Gasteiger charge is 2.09. The van der Waals surface area contributed by atoms with Gasteiger partial charge in [-0.25, -0.2) is 9.97 Å². The Morgan fingerprint density at radius 1 is 1.29 bits per heavy atom. The molecule has 0 saturated carbocycles. The molecule has 0 aliphatic carbocycles. The highest BCUT2D eigenvalue weighted by Crippen LogP contribution is 2.20. The van der Waals surface area contributed by atoms with Crippen LogP contribution in [-0.4, -0.2) is 35.2 Å². The van der Waals surface area contributed by atoms with E-state index in [1.54, 1.807) is 13.3 Å². The summed E-state index contributed by atoms with van der Waals surface area (Å²) in [6.07, 6.45) is 4.59. The third-order valence-corrected chi connectivity index (χ3v) is 3.22. The molecule has 0 spiro atoms. The number of hydrogen-bond acceptors (Lipinski definition) is 5. The normalized spacial score (nSPS) is 10.8. The Balaban J connectivity index is 2.22. The molecule has 0 fully saturated rings. The Hall–Kier alpha value is -1.85. The van der Waals surface area contributed by atoms with Gasteiger partial charge in [-0.15, -0.1) is 0 Å². The van der Waals surface area contributed by atoms with Crippen LogP contribution in [0.5, 0.6) is 0 Å². The zero-order chi connectivity index (χ0) is 15.1. The lowest BCUT2D eigenvalue weighted by atomic mass is 10.1. The first-order chi connectivity index (χ1) is 10.2. The summed E-state index contributed by atoms with van der Waals surface area (Å²) < 4.78 is 5.02. The number of nitrogens with one attached hydrogen (secondary N) is 1. The van der Waals surface area contributed by atoms with Gasteiger partial charge >= 0.3 is 0 Å². The van der Waals surface area contributed by atoms with E-state index in [1.165, 1.54) is 5.56 Å². The molecule has 0 amide bonds. The predicted molar refractivity (Wildman–Crippen MR) is 83.0 cm³/mol. The molecular formula is C16H22N4O. The second kappa shape index (κ2) is 7.81. The van der Waals surface area contributed by atoms with E-state index < -0.39 is 0 Å². The van der Waals surface area contributed by atoms with Crippen molar-refractivity contribution in [3.05, 3.63) is 41.5 Å². The number of methoxy groups -OCH3 is 1. The Bertz CT molecular complexity index is 586.